The topological polar surface area (TPSA) is 96.5 Å². The highest BCUT2D eigenvalue weighted by molar-refractivity contribution is 7.19. The number of ether oxygens (including phenoxy) is 1. The van der Waals surface area contributed by atoms with Crippen molar-refractivity contribution in [3.05, 3.63) is 45.6 Å². The van der Waals surface area contributed by atoms with Gasteiger partial charge in [0.15, 0.2) is 0 Å². The monoisotopic (exact) mass is 499 g/mol. The Hall–Kier alpha value is -2.59. The van der Waals surface area contributed by atoms with E-state index in [4.69, 9.17) is 16.3 Å². The first-order valence-electron chi connectivity index (χ1n) is 11.2. The van der Waals surface area contributed by atoms with Crippen molar-refractivity contribution in [3.8, 4) is 11.3 Å². The van der Waals surface area contributed by atoms with Crippen molar-refractivity contribution in [1.29, 1.82) is 0 Å². The average Bonchev–Trinajstić information content (AvgIpc) is 3.32. The number of rotatable bonds is 5. The van der Waals surface area contributed by atoms with Crippen LogP contribution in [-0.4, -0.2) is 58.1 Å². The maximum atomic E-state index is 12.0. The molecule has 0 saturated carbocycles. The smallest absolute Gasteiger partial charge is 0.324 e. The number of aryl methyl sites for hydroxylation is 1. The Morgan fingerprint density at radius 3 is 2.82 bits per heavy atom. The summed E-state index contributed by atoms with van der Waals surface area (Å²) in [6.07, 6.45) is 2.29. The van der Waals surface area contributed by atoms with Gasteiger partial charge in [-0.2, -0.15) is 0 Å². The number of morpholine rings is 1. The van der Waals surface area contributed by atoms with E-state index < -0.39 is 0 Å². The maximum Gasteiger partial charge on any atom is 0.324 e. The molecule has 5 rings (SSSR count). The molecule has 2 aliphatic rings. The molecule has 2 aliphatic heterocycles. The van der Waals surface area contributed by atoms with E-state index in [2.05, 4.69) is 41.4 Å². The zero-order chi connectivity index (χ0) is 24.0. The number of hydrogen-bond acceptors (Lipinski definition) is 7. The summed E-state index contributed by atoms with van der Waals surface area (Å²) < 4.78 is 7.24. The zero-order valence-corrected chi connectivity index (χ0v) is 20.8. The molecule has 1 aromatic carbocycles. The number of aromatic nitrogens is 2. The summed E-state index contributed by atoms with van der Waals surface area (Å²) in [6.45, 7) is 8.08. The number of thiophene rings is 1. The second-order valence-electron chi connectivity index (χ2n) is 9.37. The first kappa shape index (κ1) is 23.2. The van der Waals surface area contributed by atoms with Gasteiger partial charge < -0.3 is 15.4 Å². The Bertz CT molecular complexity index is 1280. The molecule has 4 heterocycles. The minimum atomic E-state index is -0.370. The van der Waals surface area contributed by atoms with Crippen LogP contribution < -0.4 is 10.6 Å². The van der Waals surface area contributed by atoms with E-state index in [0.29, 0.717) is 5.02 Å². The van der Waals surface area contributed by atoms with Gasteiger partial charge in [-0.05, 0) is 50.1 Å². The highest BCUT2D eigenvalue weighted by Crippen LogP contribution is 2.37. The lowest BCUT2D eigenvalue weighted by Gasteiger charge is -2.37. The lowest BCUT2D eigenvalue weighted by molar-refractivity contribution is -0.125. The molecule has 3 amide bonds. The highest BCUT2D eigenvalue weighted by Gasteiger charge is 2.31. The van der Waals surface area contributed by atoms with Crippen molar-refractivity contribution < 1.29 is 14.3 Å². The van der Waals surface area contributed by atoms with E-state index in [-0.39, 0.29) is 36.7 Å². The van der Waals surface area contributed by atoms with E-state index in [0.717, 1.165) is 57.0 Å². The third kappa shape index (κ3) is 4.53. The maximum absolute atomic E-state index is 12.0. The number of carbonyl (C=O) groups is 2. The van der Waals surface area contributed by atoms with E-state index in [1.165, 1.54) is 16.2 Å². The number of amides is 3. The Morgan fingerprint density at radius 1 is 1.26 bits per heavy atom. The minimum absolute atomic E-state index is 0.0262. The fourth-order valence-electron chi connectivity index (χ4n) is 4.61. The Kier molecular flexibility index (Phi) is 6.05. The van der Waals surface area contributed by atoms with Gasteiger partial charge in [0.1, 0.15) is 6.33 Å². The first-order chi connectivity index (χ1) is 16.2. The Labute approximate surface area is 206 Å². The van der Waals surface area contributed by atoms with Gasteiger partial charge in [-0.25, -0.2) is 14.8 Å². The van der Waals surface area contributed by atoms with Crippen molar-refractivity contribution in [2.75, 3.05) is 19.6 Å². The van der Waals surface area contributed by atoms with Crippen LogP contribution in [0.25, 0.3) is 21.5 Å². The van der Waals surface area contributed by atoms with Crippen LogP contribution >= 0.6 is 22.9 Å². The number of nitrogens with one attached hydrogen (secondary N) is 2. The van der Waals surface area contributed by atoms with Gasteiger partial charge in [0.25, 0.3) is 0 Å². The van der Waals surface area contributed by atoms with Crippen molar-refractivity contribution in [3.63, 3.8) is 0 Å². The van der Waals surface area contributed by atoms with Gasteiger partial charge in [0.05, 0.1) is 40.7 Å². The molecule has 2 saturated heterocycles. The fourth-order valence-corrected chi connectivity index (χ4v) is 5.98. The summed E-state index contributed by atoms with van der Waals surface area (Å²) in [5.41, 5.74) is 4.51. The quantitative estimate of drug-likeness (QED) is 0.520. The SMILES string of the molecule is Cc1cc(Cl)cc(-c2ncnc3cc(CN4C(=O)CNC4=O)sc23)c1C[C@@H]1CNCC(C)(C)O1. The molecular weight excluding hydrogens is 474 g/mol. The van der Waals surface area contributed by atoms with Crippen molar-refractivity contribution >= 4 is 45.1 Å². The third-order valence-corrected chi connectivity index (χ3v) is 7.48. The van der Waals surface area contributed by atoms with Gasteiger partial charge in [0, 0.05) is 35.0 Å². The van der Waals surface area contributed by atoms with E-state index in [9.17, 15) is 9.59 Å². The summed E-state index contributed by atoms with van der Waals surface area (Å²) >= 11 is 7.98. The zero-order valence-electron chi connectivity index (χ0n) is 19.3. The number of urea groups is 1. The van der Waals surface area contributed by atoms with Crippen LogP contribution in [0.15, 0.2) is 24.5 Å². The molecule has 0 bridgehead atoms. The third-order valence-electron chi connectivity index (χ3n) is 6.15. The van der Waals surface area contributed by atoms with Crippen molar-refractivity contribution in [2.24, 2.45) is 0 Å². The summed E-state index contributed by atoms with van der Waals surface area (Å²) in [5.74, 6) is -0.231. The Morgan fingerprint density at radius 2 is 2.09 bits per heavy atom. The molecule has 3 aromatic rings. The molecule has 0 radical (unpaired) electrons. The summed E-state index contributed by atoms with van der Waals surface area (Å²) in [6, 6.07) is 5.46. The van der Waals surface area contributed by atoms with Crippen LogP contribution in [0.1, 0.15) is 29.9 Å². The molecule has 2 fully saturated rings. The number of benzene rings is 1. The molecule has 0 spiro atoms. The first-order valence-corrected chi connectivity index (χ1v) is 12.4. The number of imide groups is 1. The lowest BCUT2D eigenvalue weighted by atomic mass is 9.93. The van der Waals surface area contributed by atoms with Gasteiger partial charge in [-0.1, -0.05) is 11.6 Å². The summed E-state index contributed by atoms with van der Waals surface area (Å²) in [5, 5.41) is 6.67. The van der Waals surface area contributed by atoms with Crippen LogP contribution in [0.5, 0.6) is 0 Å². The molecule has 178 valence electrons. The second-order valence-corrected chi connectivity index (χ2v) is 10.9. The van der Waals surface area contributed by atoms with Crippen molar-refractivity contribution in [2.45, 2.75) is 45.4 Å². The highest BCUT2D eigenvalue weighted by atomic mass is 35.5. The molecule has 34 heavy (non-hydrogen) atoms. The minimum Gasteiger partial charge on any atom is -0.369 e. The molecule has 2 aromatic heterocycles. The van der Waals surface area contributed by atoms with Gasteiger partial charge in [0.2, 0.25) is 5.91 Å². The van der Waals surface area contributed by atoms with Crippen LogP contribution in [-0.2, 0) is 22.5 Å². The van der Waals surface area contributed by atoms with Crippen LogP contribution in [0.3, 0.4) is 0 Å². The fraction of sp³-hybridized carbons (Fsp3) is 0.417. The number of nitrogens with zero attached hydrogens (tertiary/aromatic N) is 3. The number of fused-ring (bicyclic) bond motifs is 1. The molecule has 1 atom stereocenters. The predicted octanol–water partition coefficient (Wildman–Crippen LogP) is 3.68. The molecule has 0 unspecified atom stereocenters. The van der Waals surface area contributed by atoms with E-state index in [1.54, 1.807) is 6.33 Å². The predicted molar refractivity (Wildman–Crippen MR) is 132 cm³/mol. The summed E-state index contributed by atoms with van der Waals surface area (Å²) in [4.78, 5) is 35.2. The van der Waals surface area contributed by atoms with Crippen LogP contribution in [0.4, 0.5) is 4.79 Å². The molecular formula is C24H26ClN5O3S. The van der Waals surface area contributed by atoms with Crippen molar-refractivity contribution in [1.82, 2.24) is 25.5 Å². The molecule has 8 nitrogen and oxygen atoms in total. The summed E-state index contributed by atoms with van der Waals surface area (Å²) in [7, 11) is 0. The molecule has 10 heteroatoms. The second kappa shape index (κ2) is 8.88. The standard InChI is InChI=1S/C24H26ClN5O3S/c1-13-4-14(25)5-18(17(13)6-15-8-26-11-24(2,3)33-15)21-22-19(28-12-29-21)7-16(34-22)10-30-20(31)9-27-23(30)32/h4-5,7,12,15,26H,6,8-11H2,1-3H3,(H,27,32)/t15-/m1/s1. The number of halogens is 1. The Balaban J connectivity index is 1.53. The number of hydrogen-bond donors (Lipinski definition) is 2. The largest absolute Gasteiger partial charge is 0.369 e. The van der Waals surface area contributed by atoms with Gasteiger partial charge >= 0.3 is 6.03 Å². The average molecular weight is 500 g/mol. The van der Waals surface area contributed by atoms with Gasteiger partial charge in [-0.3, -0.25) is 9.69 Å². The van der Waals surface area contributed by atoms with Crippen LogP contribution in [0.2, 0.25) is 5.02 Å². The molecule has 2 N–H and O–H groups in total. The molecule has 0 aliphatic carbocycles. The normalized spacial score (nSPS) is 20.2. The number of carbonyl (C=O) groups excluding carboxylic acids is 2. The van der Waals surface area contributed by atoms with E-state index in [1.807, 2.05) is 18.2 Å². The van der Waals surface area contributed by atoms with Crippen LogP contribution in [0, 0.1) is 6.92 Å². The van der Waals surface area contributed by atoms with Gasteiger partial charge in [-0.15, -0.1) is 11.3 Å². The van der Waals surface area contributed by atoms with E-state index >= 15 is 0 Å². The lowest BCUT2D eigenvalue weighted by Crippen LogP contribution is -2.51.